The predicted octanol–water partition coefficient (Wildman–Crippen LogP) is 1.42. The van der Waals surface area contributed by atoms with Gasteiger partial charge in [-0.15, -0.1) is 0 Å². The minimum atomic E-state index is -0.0669. The van der Waals surface area contributed by atoms with Gasteiger partial charge in [-0.1, -0.05) is 23.7 Å². The van der Waals surface area contributed by atoms with Crippen LogP contribution in [0, 0.1) is 0 Å². The summed E-state index contributed by atoms with van der Waals surface area (Å²) in [5.41, 5.74) is 6.29. The maximum absolute atomic E-state index is 11.9. The summed E-state index contributed by atoms with van der Waals surface area (Å²) in [6, 6.07) is 7.30. The summed E-state index contributed by atoms with van der Waals surface area (Å²) in [7, 11) is 0. The average molecular weight is 255 g/mol. The molecule has 1 unspecified atom stereocenters. The van der Waals surface area contributed by atoms with Crippen LogP contribution in [-0.2, 0) is 9.53 Å². The minimum absolute atomic E-state index is 0.0267. The molecule has 5 heteroatoms. The molecule has 1 amide bonds. The molecule has 2 rings (SSSR count). The van der Waals surface area contributed by atoms with Gasteiger partial charge in [-0.2, -0.15) is 0 Å². The van der Waals surface area contributed by atoms with Crippen molar-refractivity contribution >= 4 is 23.2 Å². The lowest BCUT2D eigenvalue weighted by molar-refractivity contribution is -0.127. The highest BCUT2D eigenvalue weighted by molar-refractivity contribution is 6.33. The van der Waals surface area contributed by atoms with Gasteiger partial charge in [0.15, 0.2) is 0 Å². The topological polar surface area (TPSA) is 55.6 Å². The van der Waals surface area contributed by atoms with Crippen LogP contribution in [0.15, 0.2) is 24.3 Å². The number of nitrogens with two attached hydrogens (primary N) is 1. The van der Waals surface area contributed by atoms with E-state index in [-0.39, 0.29) is 18.6 Å². The maximum Gasteiger partial charge on any atom is 0.253 e. The number of morpholine rings is 1. The largest absolute Gasteiger partial charge is 0.369 e. The van der Waals surface area contributed by atoms with Crippen LogP contribution in [0.5, 0.6) is 0 Å². The Kier molecular flexibility index (Phi) is 3.99. The van der Waals surface area contributed by atoms with E-state index in [1.54, 1.807) is 11.0 Å². The summed E-state index contributed by atoms with van der Waals surface area (Å²) in [6.45, 7) is 1.13. The Hall–Kier alpha value is -1.10. The van der Waals surface area contributed by atoms with E-state index in [1.807, 2.05) is 18.2 Å². The Morgan fingerprint density at radius 1 is 1.47 bits per heavy atom. The minimum Gasteiger partial charge on any atom is -0.369 e. The van der Waals surface area contributed by atoms with E-state index in [9.17, 15) is 4.79 Å². The van der Waals surface area contributed by atoms with Crippen molar-refractivity contribution in [2.75, 3.05) is 24.7 Å². The highest BCUT2D eigenvalue weighted by Gasteiger charge is 2.30. The molecular weight excluding hydrogens is 240 g/mol. The van der Waals surface area contributed by atoms with E-state index in [0.29, 0.717) is 24.6 Å². The standard InChI is InChI=1S/C12H15ClN2O2/c13-10-3-1-2-4-11(10)15-9(5-6-14)7-17-8-12(15)16/h1-4,9H,5-8,14H2. The SMILES string of the molecule is NCCC1COCC(=O)N1c1ccccc1Cl. The first-order valence-corrected chi connectivity index (χ1v) is 5.96. The summed E-state index contributed by atoms with van der Waals surface area (Å²) in [5.74, 6) is -0.0669. The van der Waals surface area contributed by atoms with Crippen LogP contribution in [0.25, 0.3) is 0 Å². The van der Waals surface area contributed by atoms with Gasteiger partial charge in [-0.3, -0.25) is 4.79 Å². The van der Waals surface area contributed by atoms with E-state index >= 15 is 0 Å². The molecule has 92 valence electrons. The molecule has 1 saturated heterocycles. The normalized spacial score (nSPS) is 20.7. The summed E-state index contributed by atoms with van der Waals surface area (Å²) in [4.78, 5) is 13.6. The first-order valence-electron chi connectivity index (χ1n) is 5.58. The number of benzene rings is 1. The molecule has 1 aliphatic rings. The van der Waals surface area contributed by atoms with E-state index in [4.69, 9.17) is 22.1 Å². The number of nitrogens with zero attached hydrogens (tertiary/aromatic N) is 1. The van der Waals surface area contributed by atoms with E-state index in [0.717, 1.165) is 5.69 Å². The number of amides is 1. The van der Waals surface area contributed by atoms with Gasteiger partial charge in [0, 0.05) is 0 Å². The third-order valence-electron chi connectivity index (χ3n) is 2.78. The molecule has 0 aliphatic carbocycles. The van der Waals surface area contributed by atoms with Crippen molar-refractivity contribution in [1.82, 2.24) is 0 Å². The molecule has 0 aromatic heterocycles. The quantitative estimate of drug-likeness (QED) is 0.888. The first-order chi connectivity index (χ1) is 8.24. The number of carbonyl (C=O) groups is 1. The van der Waals surface area contributed by atoms with Crippen LogP contribution in [0.3, 0.4) is 0 Å². The number of carbonyl (C=O) groups excluding carboxylic acids is 1. The van der Waals surface area contributed by atoms with Gasteiger partial charge in [0.25, 0.3) is 5.91 Å². The van der Waals surface area contributed by atoms with Gasteiger partial charge in [0.05, 0.1) is 23.4 Å². The zero-order valence-electron chi connectivity index (χ0n) is 9.43. The Morgan fingerprint density at radius 3 is 2.94 bits per heavy atom. The Balaban J connectivity index is 2.31. The summed E-state index contributed by atoms with van der Waals surface area (Å²) < 4.78 is 5.25. The molecule has 1 fully saturated rings. The number of hydrogen-bond donors (Lipinski definition) is 1. The molecule has 2 N–H and O–H groups in total. The molecule has 0 saturated carbocycles. The van der Waals surface area contributed by atoms with Crippen LogP contribution in [0.4, 0.5) is 5.69 Å². The fourth-order valence-corrected chi connectivity index (χ4v) is 2.24. The molecule has 0 bridgehead atoms. The first kappa shape index (κ1) is 12.4. The molecule has 1 atom stereocenters. The van der Waals surface area contributed by atoms with Gasteiger partial charge in [-0.25, -0.2) is 0 Å². The van der Waals surface area contributed by atoms with Gasteiger partial charge < -0.3 is 15.4 Å². The van der Waals surface area contributed by atoms with E-state index in [2.05, 4.69) is 0 Å². The van der Waals surface area contributed by atoms with Crippen molar-refractivity contribution in [3.63, 3.8) is 0 Å². The van der Waals surface area contributed by atoms with Crippen LogP contribution in [-0.4, -0.2) is 31.7 Å². The third kappa shape index (κ3) is 2.60. The van der Waals surface area contributed by atoms with Crippen molar-refractivity contribution < 1.29 is 9.53 Å². The van der Waals surface area contributed by atoms with Gasteiger partial charge >= 0.3 is 0 Å². The fourth-order valence-electron chi connectivity index (χ4n) is 2.01. The lowest BCUT2D eigenvalue weighted by Gasteiger charge is -2.35. The second kappa shape index (κ2) is 5.49. The molecule has 1 aliphatic heterocycles. The highest BCUT2D eigenvalue weighted by Crippen LogP contribution is 2.29. The molecule has 0 radical (unpaired) electrons. The van der Waals surface area contributed by atoms with Gasteiger partial charge in [0.1, 0.15) is 6.61 Å². The number of para-hydroxylation sites is 1. The lowest BCUT2D eigenvalue weighted by atomic mass is 10.1. The molecular formula is C12H15ClN2O2. The van der Waals surface area contributed by atoms with Crippen LogP contribution in [0.1, 0.15) is 6.42 Å². The number of ether oxygens (including phenoxy) is 1. The van der Waals surface area contributed by atoms with Crippen molar-refractivity contribution in [2.24, 2.45) is 5.73 Å². The number of anilines is 1. The number of rotatable bonds is 3. The van der Waals surface area contributed by atoms with Crippen molar-refractivity contribution in [2.45, 2.75) is 12.5 Å². The van der Waals surface area contributed by atoms with Crippen molar-refractivity contribution in [3.05, 3.63) is 29.3 Å². The van der Waals surface area contributed by atoms with Crippen LogP contribution >= 0.6 is 11.6 Å². The summed E-state index contributed by atoms with van der Waals surface area (Å²) >= 11 is 6.12. The zero-order valence-corrected chi connectivity index (χ0v) is 10.2. The molecule has 17 heavy (non-hydrogen) atoms. The Morgan fingerprint density at radius 2 is 2.24 bits per heavy atom. The molecule has 1 heterocycles. The lowest BCUT2D eigenvalue weighted by Crippen LogP contribution is -2.50. The van der Waals surface area contributed by atoms with Crippen LogP contribution < -0.4 is 10.6 Å². The van der Waals surface area contributed by atoms with Crippen molar-refractivity contribution in [3.8, 4) is 0 Å². The number of hydrogen-bond acceptors (Lipinski definition) is 3. The maximum atomic E-state index is 11.9. The van der Waals surface area contributed by atoms with Crippen LogP contribution in [0.2, 0.25) is 5.02 Å². The third-order valence-corrected chi connectivity index (χ3v) is 3.10. The zero-order chi connectivity index (χ0) is 12.3. The second-order valence-corrected chi connectivity index (χ2v) is 4.37. The van der Waals surface area contributed by atoms with Crippen molar-refractivity contribution in [1.29, 1.82) is 0 Å². The molecule has 0 spiro atoms. The molecule has 4 nitrogen and oxygen atoms in total. The Labute approximate surface area is 105 Å². The average Bonchev–Trinajstić information content (AvgIpc) is 2.31. The van der Waals surface area contributed by atoms with E-state index in [1.165, 1.54) is 0 Å². The highest BCUT2D eigenvalue weighted by atomic mass is 35.5. The second-order valence-electron chi connectivity index (χ2n) is 3.96. The fraction of sp³-hybridized carbons (Fsp3) is 0.417. The van der Waals surface area contributed by atoms with E-state index < -0.39 is 0 Å². The monoisotopic (exact) mass is 254 g/mol. The smallest absolute Gasteiger partial charge is 0.253 e. The molecule has 1 aromatic rings. The van der Waals surface area contributed by atoms with Gasteiger partial charge in [-0.05, 0) is 25.1 Å². The molecule has 1 aromatic carbocycles. The summed E-state index contributed by atoms with van der Waals surface area (Å²) in [6.07, 6.45) is 0.705. The predicted molar refractivity (Wildman–Crippen MR) is 67.2 cm³/mol. The van der Waals surface area contributed by atoms with Gasteiger partial charge in [0.2, 0.25) is 0 Å². The summed E-state index contributed by atoms with van der Waals surface area (Å²) in [5, 5.41) is 0.574. The Bertz CT molecular complexity index is 409. The number of halogens is 1.